The molecule has 1 amide bonds. The Labute approximate surface area is 241 Å². The highest BCUT2D eigenvalue weighted by atomic mass is 35.5. The van der Waals surface area contributed by atoms with Gasteiger partial charge in [0.25, 0.3) is 0 Å². The summed E-state index contributed by atoms with van der Waals surface area (Å²) in [7, 11) is 0. The van der Waals surface area contributed by atoms with Gasteiger partial charge in [0.2, 0.25) is 5.91 Å². The van der Waals surface area contributed by atoms with Crippen LogP contribution in [0.5, 0.6) is 5.75 Å². The highest BCUT2D eigenvalue weighted by Crippen LogP contribution is 2.63. The first-order valence-electron chi connectivity index (χ1n) is 14.7. The molecule has 2 aliphatic heterocycles. The molecule has 1 N–H and O–H groups in total. The number of halogens is 2. The number of hydrogen-bond acceptors (Lipinski definition) is 4. The summed E-state index contributed by atoms with van der Waals surface area (Å²) in [5.41, 5.74) is 3.71. The standard InChI is InChI=1S/C32H38Cl2N2O3/c1-18(2)16-36(29(38)13-19-6-8-23(33)24(34)12-19)25-9-7-22-26-14-20-4-3-5-28-30(20)32(22,31(25)39-28)10-11-35(26)17-21-15-27(21)37/h3-6,8,12,18,21-22,25-27,31,37H,7,9-11,13-17H2,1-2H3/t21?,22-,25+,26+,27?,31-,32-/m0/s1. The largest absolute Gasteiger partial charge is 0.487 e. The summed E-state index contributed by atoms with van der Waals surface area (Å²) in [5.74, 6) is 2.47. The molecule has 5 nitrogen and oxygen atoms in total. The zero-order chi connectivity index (χ0) is 27.1. The van der Waals surface area contributed by atoms with Crippen molar-refractivity contribution in [1.29, 1.82) is 0 Å². The molecule has 7 rings (SSSR count). The quantitative estimate of drug-likeness (QED) is 0.478. The van der Waals surface area contributed by atoms with Crippen molar-refractivity contribution in [3.8, 4) is 5.75 Å². The Kier molecular flexibility index (Phi) is 6.46. The van der Waals surface area contributed by atoms with E-state index in [0.29, 0.717) is 46.8 Å². The van der Waals surface area contributed by atoms with Crippen LogP contribution in [0.25, 0.3) is 0 Å². The molecule has 7 atom stereocenters. The summed E-state index contributed by atoms with van der Waals surface area (Å²) in [6, 6.07) is 12.6. The third-order valence-corrected chi connectivity index (χ3v) is 11.0. The molecule has 1 spiro atoms. The highest BCUT2D eigenvalue weighted by molar-refractivity contribution is 6.42. The van der Waals surface area contributed by atoms with E-state index in [1.165, 1.54) is 11.1 Å². The van der Waals surface area contributed by atoms with Gasteiger partial charge in [-0.25, -0.2) is 0 Å². The highest BCUT2D eigenvalue weighted by Gasteiger charge is 2.66. The van der Waals surface area contributed by atoms with Crippen LogP contribution < -0.4 is 4.74 Å². The molecular formula is C32H38Cl2N2O3. The molecule has 2 saturated carbocycles. The van der Waals surface area contributed by atoms with Crippen LogP contribution in [0.1, 0.15) is 56.2 Å². The number of piperidine rings is 1. The number of rotatable bonds is 7. The monoisotopic (exact) mass is 568 g/mol. The lowest BCUT2D eigenvalue weighted by molar-refractivity contribution is -0.143. The fourth-order valence-electron chi connectivity index (χ4n) is 8.59. The average Bonchev–Trinajstić information content (AvgIpc) is 3.48. The zero-order valence-corrected chi connectivity index (χ0v) is 24.3. The van der Waals surface area contributed by atoms with Gasteiger partial charge in [0.15, 0.2) is 0 Å². The molecule has 2 unspecified atom stereocenters. The van der Waals surface area contributed by atoms with Crippen molar-refractivity contribution in [2.75, 3.05) is 19.6 Å². The lowest BCUT2D eigenvalue weighted by Gasteiger charge is -2.60. The predicted molar refractivity (Wildman–Crippen MR) is 154 cm³/mol. The summed E-state index contributed by atoms with van der Waals surface area (Å²) in [6.45, 7) is 7.13. The molecule has 3 fully saturated rings. The van der Waals surface area contributed by atoms with E-state index >= 15 is 0 Å². The van der Waals surface area contributed by atoms with Gasteiger partial charge < -0.3 is 14.7 Å². The van der Waals surface area contributed by atoms with Crippen LogP contribution in [-0.2, 0) is 23.1 Å². The van der Waals surface area contributed by atoms with Gasteiger partial charge >= 0.3 is 0 Å². The molecule has 39 heavy (non-hydrogen) atoms. The van der Waals surface area contributed by atoms with Crippen LogP contribution in [-0.4, -0.2) is 64.7 Å². The average molecular weight is 570 g/mol. The van der Waals surface area contributed by atoms with E-state index < -0.39 is 0 Å². The summed E-state index contributed by atoms with van der Waals surface area (Å²) in [5, 5.41) is 11.1. The topological polar surface area (TPSA) is 53.0 Å². The van der Waals surface area contributed by atoms with Gasteiger partial charge in [0.1, 0.15) is 11.9 Å². The Morgan fingerprint density at radius 1 is 1.21 bits per heavy atom. The van der Waals surface area contributed by atoms with Crippen LogP contribution >= 0.6 is 23.2 Å². The predicted octanol–water partition coefficient (Wildman–Crippen LogP) is 5.51. The second-order valence-electron chi connectivity index (χ2n) is 13.1. The second-order valence-corrected chi connectivity index (χ2v) is 13.9. The third kappa shape index (κ3) is 4.22. The van der Waals surface area contributed by atoms with E-state index in [1.807, 2.05) is 12.1 Å². The number of carbonyl (C=O) groups is 1. The zero-order valence-electron chi connectivity index (χ0n) is 22.8. The molecule has 2 aromatic rings. The second kappa shape index (κ2) is 9.65. The molecule has 0 aromatic heterocycles. The molecule has 2 bridgehead atoms. The minimum atomic E-state index is -0.118. The fourth-order valence-corrected chi connectivity index (χ4v) is 8.91. The van der Waals surface area contributed by atoms with Crippen molar-refractivity contribution in [3.05, 3.63) is 63.1 Å². The number of aliphatic hydroxyl groups is 1. The number of likely N-dealkylation sites (tertiary alicyclic amines) is 1. The molecule has 208 valence electrons. The van der Waals surface area contributed by atoms with Gasteiger partial charge in [0, 0.05) is 36.0 Å². The maximum atomic E-state index is 14.0. The van der Waals surface area contributed by atoms with Crippen molar-refractivity contribution in [3.63, 3.8) is 0 Å². The van der Waals surface area contributed by atoms with Gasteiger partial charge in [-0.3, -0.25) is 9.69 Å². The van der Waals surface area contributed by atoms with E-state index in [9.17, 15) is 9.90 Å². The van der Waals surface area contributed by atoms with E-state index in [0.717, 1.165) is 56.5 Å². The van der Waals surface area contributed by atoms with Crippen LogP contribution in [0.15, 0.2) is 36.4 Å². The van der Waals surface area contributed by atoms with Crippen LogP contribution in [0.2, 0.25) is 10.0 Å². The normalized spacial score (nSPS) is 34.0. The maximum Gasteiger partial charge on any atom is 0.227 e. The third-order valence-electron chi connectivity index (χ3n) is 10.3. The van der Waals surface area contributed by atoms with Gasteiger partial charge in [-0.15, -0.1) is 0 Å². The van der Waals surface area contributed by atoms with Gasteiger partial charge in [-0.05, 0) is 79.8 Å². The molecule has 2 heterocycles. The van der Waals surface area contributed by atoms with Crippen molar-refractivity contribution in [2.45, 2.75) is 82.1 Å². The first kappa shape index (κ1) is 26.1. The van der Waals surface area contributed by atoms with E-state index in [1.54, 1.807) is 6.07 Å². The molecular weight excluding hydrogens is 531 g/mol. The maximum absolute atomic E-state index is 14.0. The first-order chi connectivity index (χ1) is 18.8. The smallest absolute Gasteiger partial charge is 0.227 e. The molecule has 1 saturated heterocycles. The number of benzene rings is 2. The van der Waals surface area contributed by atoms with E-state index in [4.69, 9.17) is 27.9 Å². The molecule has 0 radical (unpaired) electrons. The van der Waals surface area contributed by atoms with Crippen LogP contribution in [0.4, 0.5) is 0 Å². The lowest BCUT2D eigenvalue weighted by Crippen LogP contribution is -2.69. The Morgan fingerprint density at radius 3 is 2.77 bits per heavy atom. The molecule has 5 aliphatic rings. The number of hydrogen-bond donors (Lipinski definition) is 1. The first-order valence-corrected chi connectivity index (χ1v) is 15.5. The number of ether oxygens (including phenoxy) is 1. The summed E-state index contributed by atoms with van der Waals surface area (Å²) >= 11 is 12.4. The van der Waals surface area contributed by atoms with Crippen molar-refractivity contribution >= 4 is 29.1 Å². The number of amides is 1. The van der Waals surface area contributed by atoms with Crippen LogP contribution in [0, 0.1) is 17.8 Å². The Bertz CT molecular complexity index is 1300. The minimum absolute atomic E-state index is 0.0274. The van der Waals surface area contributed by atoms with Gasteiger partial charge in [-0.1, -0.05) is 55.2 Å². The minimum Gasteiger partial charge on any atom is -0.487 e. The number of nitrogens with zero attached hydrogens (tertiary/aromatic N) is 2. The Balaban J connectivity index is 1.23. The Morgan fingerprint density at radius 2 is 2.03 bits per heavy atom. The number of carbonyl (C=O) groups excluding carboxylic acids is 1. The summed E-state index contributed by atoms with van der Waals surface area (Å²) in [6.07, 6.45) is 5.27. The van der Waals surface area contributed by atoms with Gasteiger partial charge in [-0.2, -0.15) is 0 Å². The van der Waals surface area contributed by atoms with Crippen molar-refractivity contribution in [2.24, 2.45) is 17.8 Å². The molecule has 3 aliphatic carbocycles. The SMILES string of the molecule is CC(C)CN(C(=O)Cc1ccc(Cl)c(Cl)c1)[C@@H]1CC[C@H]2[C@H]3Cc4cccc5c4[C@@]2(CCN3CC2CC2O)[C@H]1O5. The summed E-state index contributed by atoms with van der Waals surface area (Å²) in [4.78, 5) is 18.8. The molecule has 2 aromatic carbocycles. The van der Waals surface area contributed by atoms with Crippen molar-refractivity contribution < 1.29 is 14.6 Å². The van der Waals surface area contributed by atoms with E-state index in [2.05, 4.69) is 41.8 Å². The lowest BCUT2D eigenvalue weighted by atomic mass is 9.51. The molecule has 7 heteroatoms. The van der Waals surface area contributed by atoms with E-state index in [-0.39, 0.29) is 29.6 Å². The fraction of sp³-hybridized carbons (Fsp3) is 0.594. The number of aliphatic hydroxyl groups excluding tert-OH is 1. The Hall–Kier alpha value is -1.79. The summed E-state index contributed by atoms with van der Waals surface area (Å²) < 4.78 is 6.94. The van der Waals surface area contributed by atoms with Crippen molar-refractivity contribution in [1.82, 2.24) is 9.80 Å². The van der Waals surface area contributed by atoms with Crippen LogP contribution in [0.3, 0.4) is 0 Å². The van der Waals surface area contributed by atoms with Gasteiger partial charge in [0.05, 0.1) is 28.6 Å².